The molecule has 0 atom stereocenters. The molecule has 0 bridgehead atoms. The number of aromatic nitrogens is 1. The van der Waals surface area contributed by atoms with Crippen molar-refractivity contribution < 1.29 is 10.0 Å². The molecule has 1 aromatic heterocycles. The highest BCUT2D eigenvalue weighted by Crippen LogP contribution is 2.28. The smallest absolute Gasteiger partial charge is 0.243 e. The van der Waals surface area contributed by atoms with Crippen LogP contribution in [0.1, 0.15) is 12.1 Å². The highest BCUT2D eigenvalue weighted by molar-refractivity contribution is 9.10. The fraction of sp³-hybridized carbons (Fsp3) is 0.125. The summed E-state index contributed by atoms with van der Waals surface area (Å²) < 4.78 is 1.06. The van der Waals surface area contributed by atoms with Crippen LogP contribution in [0.15, 0.2) is 46.3 Å². The minimum Gasteiger partial charge on any atom is -0.289 e. The van der Waals surface area contributed by atoms with Gasteiger partial charge in [0.05, 0.1) is 5.69 Å². The van der Waals surface area contributed by atoms with Crippen molar-refractivity contribution in [2.75, 3.05) is 0 Å². The number of carbonyl (C=O) groups is 1. The van der Waals surface area contributed by atoms with Gasteiger partial charge in [-0.15, -0.1) is 11.3 Å². The number of hydroxylamine groups is 1. The molecule has 4 nitrogen and oxygen atoms in total. The normalized spacial score (nSPS) is 10.8. The van der Waals surface area contributed by atoms with Crippen molar-refractivity contribution in [2.24, 2.45) is 0 Å². The number of hydrogen-bond donors (Lipinski definition) is 2. The fourth-order valence-electron chi connectivity index (χ4n) is 2.20. The first-order valence-corrected chi connectivity index (χ1v) is 8.40. The van der Waals surface area contributed by atoms with E-state index in [1.807, 2.05) is 11.4 Å². The number of benzene rings is 2. The molecule has 0 radical (unpaired) electrons. The second kappa shape index (κ2) is 6.56. The van der Waals surface area contributed by atoms with Crippen molar-refractivity contribution in [1.29, 1.82) is 0 Å². The quantitative estimate of drug-likeness (QED) is 0.530. The fourth-order valence-corrected chi connectivity index (χ4v) is 3.43. The van der Waals surface area contributed by atoms with Crippen LogP contribution in [0, 0.1) is 0 Å². The van der Waals surface area contributed by atoms with Gasteiger partial charge in [0.1, 0.15) is 5.01 Å². The molecule has 3 rings (SSSR count). The summed E-state index contributed by atoms with van der Waals surface area (Å²) in [6.07, 6.45) is 0.745. The standard InChI is InChI=1S/C16H13BrN2O2S/c17-13-4-3-10-7-12(2-1-11(10)8-13)16-18-14(9-22-16)5-6-15(20)19-21/h1-4,7-9,21H,5-6H2,(H,19,20). The molecule has 112 valence electrons. The van der Waals surface area contributed by atoms with Gasteiger partial charge >= 0.3 is 0 Å². The number of thiazole rings is 1. The third-order valence-corrected chi connectivity index (χ3v) is 4.77. The Kier molecular flexibility index (Phi) is 4.52. The predicted octanol–water partition coefficient (Wildman–Crippen LogP) is 4.16. The van der Waals surface area contributed by atoms with E-state index in [4.69, 9.17) is 5.21 Å². The monoisotopic (exact) mass is 376 g/mol. The van der Waals surface area contributed by atoms with E-state index in [9.17, 15) is 4.79 Å². The van der Waals surface area contributed by atoms with Crippen LogP contribution in [-0.2, 0) is 11.2 Å². The SMILES string of the molecule is O=C(CCc1csc(-c2ccc3cc(Br)ccc3c2)n1)NO. The first-order valence-electron chi connectivity index (χ1n) is 6.73. The molecule has 0 fully saturated rings. The number of carbonyl (C=O) groups excluding carboxylic acids is 1. The maximum atomic E-state index is 11.0. The van der Waals surface area contributed by atoms with Gasteiger partial charge in [-0.05, 0) is 35.4 Å². The van der Waals surface area contributed by atoms with Crippen molar-refractivity contribution in [3.05, 3.63) is 51.9 Å². The topological polar surface area (TPSA) is 62.2 Å². The highest BCUT2D eigenvalue weighted by atomic mass is 79.9. The molecule has 0 aliphatic heterocycles. The zero-order valence-electron chi connectivity index (χ0n) is 11.5. The van der Waals surface area contributed by atoms with Gasteiger partial charge in [-0.1, -0.05) is 34.1 Å². The van der Waals surface area contributed by atoms with Gasteiger partial charge in [-0.25, -0.2) is 10.5 Å². The van der Waals surface area contributed by atoms with Gasteiger partial charge in [0, 0.05) is 21.8 Å². The molecule has 0 aliphatic carbocycles. The van der Waals surface area contributed by atoms with E-state index in [1.165, 1.54) is 5.39 Å². The van der Waals surface area contributed by atoms with E-state index in [-0.39, 0.29) is 6.42 Å². The lowest BCUT2D eigenvalue weighted by atomic mass is 10.1. The highest BCUT2D eigenvalue weighted by Gasteiger charge is 2.08. The van der Waals surface area contributed by atoms with E-state index < -0.39 is 5.91 Å². The summed E-state index contributed by atoms with van der Waals surface area (Å²) in [7, 11) is 0. The molecule has 0 aliphatic rings. The van der Waals surface area contributed by atoms with Gasteiger partial charge in [-0.3, -0.25) is 10.0 Å². The summed E-state index contributed by atoms with van der Waals surface area (Å²) in [6, 6.07) is 12.4. The van der Waals surface area contributed by atoms with Crippen LogP contribution in [0.4, 0.5) is 0 Å². The maximum absolute atomic E-state index is 11.0. The minimum absolute atomic E-state index is 0.228. The Morgan fingerprint density at radius 2 is 2.00 bits per heavy atom. The molecule has 3 aromatic rings. The molecular formula is C16H13BrN2O2S. The van der Waals surface area contributed by atoms with Gasteiger partial charge < -0.3 is 0 Å². The summed E-state index contributed by atoms with van der Waals surface area (Å²) in [5.74, 6) is -0.397. The van der Waals surface area contributed by atoms with Crippen molar-refractivity contribution >= 4 is 43.9 Å². The Hall–Kier alpha value is -1.76. The van der Waals surface area contributed by atoms with Crippen molar-refractivity contribution in [2.45, 2.75) is 12.8 Å². The first-order chi connectivity index (χ1) is 10.7. The number of halogens is 1. The summed E-state index contributed by atoms with van der Waals surface area (Å²) in [5, 5.41) is 13.7. The first kappa shape index (κ1) is 15.1. The number of amides is 1. The predicted molar refractivity (Wildman–Crippen MR) is 91.0 cm³/mol. The van der Waals surface area contributed by atoms with Crippen LogP contribution in [-0.4, -0.2) is 16.1 Å². The Labute approximate surface area is 139 Å². The van der Waals surface area contributed by atoms with Gasteiger partial charge in [0.2, 0.25) is 5.91 Å². The van der Waals surface area contributed by atoms with Crippen LogP contribution >= 0.6 is 27.3 Å². The second-order valence-corrected chi connectivity index (χ2v) is 6.66. The van der Waals surface area contributed by atoms with Crippen LogP contribution in [0.2, 0.25) is 0 Å². The maximum Gasteiger partial charge on any atom is 0.243 e. The molecule has 1 amide bonds. The third-order valence-electron chi connectivity index (χ3n) is 3.33. The number of rotatable bonds is 4. The summed E-state index contributed by atoms with van der Waals surface area (Å²) in [6.45, 7) is 0. The van der Waals surface area contributed by atoms with Gasteiger partial charge in [0.15, 0.2) is 0 Å². The van der Waals surface area contributed by atoms with Crippen LogP contribution in [0.3, 0.4) is 0 Å². The van der Waals surface area contributed by atoms with Crippen molar-refractivity contribution in [3.8, 4) is 10.6 Å². The lowest BCUT2D eigenvalue weighted by Crippen LogP contribution is -2.18. The van der Waals surface area contributed by atoms with Gasteiger partial charge in [-0.2, -0.15) is 0 Å². The molecule has 6 heteroatoms. The molecule has 1 heterocycles. The lowest BCUT2D eigenvalue weighted by Gasteiger charge is -2.02. The second-order valence-electron chi connectivity index (χ2n) is 4.89. The molecule has 0 unspecified atom stereocenters. The minimum atomic E-state index is -0.397. The van der Waals surface area contributed by atoms with Crippen molar-refractivity contribution in [1.82, 2.24) is 10.5 Å². The van der Waals surface area contributed by atoms with E-state index in [1.54, 1.807) is 16.8 Å². The number of aryl methyl sites for hydroxylation is 1. The number of fused-ring (bicyclic) bond motifs is 1. The van der Waals surface area contributed by atoms with Crippen LogP contribution < -0.4 is 5.48 Å². The Bertz CT molecular complexity index is 832. The number of nitrogens with zero attached hydrogens (tertiary/aromatic N) is 1. The van der Waals surface area contributed by atoms with E-state index in [0.29, 0.717) is 6.42 Å². The third kappa shape index (κ3) is 3.35. The Morgan fingerprint density at radius 3 is 2.82 bits per heavy atom. The molecule has 2 N–H and O–H groups in total. The molecule has 22 heavy (non-hydrogen) atoms. The molecule has 0 saturated carbocycles. The molecule has 2 aromatic carbocycles. The Morgan fingerprint density at radius 1 is 1.23 bits per heavy atom. The van der Waals surface area contributed by atoms with Crippen LogP contribution in [0.5, 0.6) is 0 Å². The van der Waals surface area contributed by atoms with Crippen molar-refractivity contribution in [3.63, 3.8) is 0 Å². The Balaban J connectivity index is 1.83. The molecular weight excluding hydrogens is 364 g/mol. The number of nitrogens with one attached hydrogen (secondary N) is 1. The molecule has 0 spiro atoms. The average Bonchev–Trinajstić information content (AvgIpc) is 3.01. The summed E-state index contributed by atoms with van der Waals surface area (Å²) in [5.41, 5.74) is 3.56. The van der Waals surface area contributed by atoms with E-state index in [0.717, 1.165) is 26.1 Å². The summed E-state index contributed by atoms with van der Waals surface area (Å²) in [4.78, 5) is 15.6. The van der Waals surface area contributed by atoms with Crippen LogP contribution in [0.25, 0.3) is 21.3 Å². The largest absolute Gasteiger partial charge is 0.289 e. The molecule has 0 saturated heterocycles. The summed E-state index contributed by atoms with van der Waals surface area (Å²) >= 11 is 5.03. The van der Waals surface area contributed by atoms with Gasteiger partial charge in [0.25, 0.3) is 0 Å². The average molecular weight is 377 g/mol. The zero-order valence-corrected chi connectivity index (χ0v) is 13.9. The van der Waals surface area contributed by atoms with E-state index >= 15 is 0 Å². The number of hydrogen-bond acceptors (Lipinski definition) is 4. The van der Waals surface area contributed by atoms with E-state index in [2.05, 4.69) is 51.2 Å². The lowest BCUT2D eigenvalue weighted by molar-refractivity contribution is -0.129. The zero-order chi connectivity index (χ0) is 15.5.